The van der Waals surface area contributed by atoms with Crippen molar-refractivity contribution >= 4 is 35.5 Å². The van der Waals surface area contributed by atoms with Gasteiger partial charge in [0, 0.05) is 6.92 Å². The number of fused-ring (bicyclic) bond motifs is 1. The Morgan fingerprint density at radius 1 is 1.16 bits per heavy atom. The molecule has 0 radical (unpaired) electrons. The van der Waals surface area contributed by atoms with Crippen LogP contribution in [-0.2, 0) is 38.9 Å². The number of carbonyl (C=O) groups excluding carboxylic acids is 4. The van der Waals surface area contributed by atoms with Crippen LogP contribution < -0.4 is 10.6 Å². The molecule has 44 heavy (non-hydrogen) atoms. The lowest BCUT2D eigenvalue weighted by atomic mass is 9.86. The van der Waals surface area contributed by atoms with E-state index in [1.807, 2.05) is 6.07 Å². The number of rotatable bonds is 8. The molecule has 0 saturated carbocycles. The number of amides is 2. The Morgan fingerprint density at radius 3 is 2.41 bits per heavy atom. The molecular weight excluding hydrogens is 584 g/mol. The third kappa shape index (κ3) is 7.51. The summed E-state index contributed by atoms with van der Waals surface area (Å²) in [7, 11) is 0. The fraction of sp³-hybridized carbons (Fsp3) is 0.593. The Morgan fingerprint density at radius 2 is 1.84 bits per heavy atom. The van der Waals surface area contributed by atoms with E-state index < -0.39 is 78.5 Å². The van der Waals surface area contributed by atoms with Crippen LogP contribution in [0.1, 0.15) is 54.2 Å². The Kier molecular flexibility index (Phi) is 10.0. The first kappa shape index (κ1) is 34.0. The van der Waals surface area contributed by atoms with Crippen LogP contribution in [0.3, 0.4) is 0 Å². The number of aliphatic hydroxyl groups is 2. The first-order valence-electron chi connectivity index (χ1n) is 13.4. The highest BCUT2D eigenvalue weighted by molar-refractivity contribution is 5.88. The number of aromatic nitrogens is 3. The highest BCUT2D eigenvalue weighted by Gasteiger charge is 2.60. The first-order valence-corrected chi connectivity index (χ1v) is 13.4. The van der Waals surface area contributed by atoms with Crippen molar-refractivity contribution in [1.29, 1.82) is 5.26 Å². The number of nitriles is 1. The van der Waals surface area contributed by atoms with E-state index in [2.05, 4.69) is 25.5 Å². The van der Waals surface area contributed by atoms with Gasteiger partial charge in [-0.1, -0.05) is 20.8 Å². The van der Waals surface area contributed by atoms with Gasteiger partial charge in [0.05, 0.1) is 12.3 Å². The van der Waals surface area contributed by atoms with Crippen molar-refractivity contribution in [2.45, 2.75) is 84.0 Å². The summed E-state index contributed by atoms with van der Waals surface area (Å²) in [5.41, 5.74) is -3.84. The van der Waals surface area contributed by atoms with Crippen LogP contribution in [0.4, 0.5) is 15.4 Å². The molecule has 2 amide bonds. The van der Waals surface area contributed by atoms with E-state index in [9.17, 15) is 34.7 Å². The number of hydrogen-bond donors (Lipinski definition) is 4. The number of aliphatic hydroxyl groups excluding tert-OH is 2. The summed E-state index contributed by atoms with van der Waals surface area (Å²) in [5, 5.41) is 40.7. The van der Waals surface area contributed by atoms with Crippen molar-refractivity contribution < 1.29 is 53.1 Å². The number of alkyl carbamates (subject to hydrolysis) is 1. The highest BCUT2D eigenvalue weighted by Crippen LogP contribution is 2.42. The van der Waals surface area contributed by atoms with Gasteiger partial charge in [-0.25, -0.2) is 23.9 Å². The van der Waals surface area contributed by atoms with Crippen LogP contribution in [0.15, 0.2) is 18.5 Å². The van der Waals surface area contributed by atoms with Crippen molar-refractivity contribution in [3.63, 3.8) is 0 Å². The zero-order chi connectivity index (χ0) is 33.0. The van der Waals surface area contributed by atoms with Crippen molar-refractivity contribution in [3.8, 4) is 6.07 Å². The van der Waals surface area contributed by atoms with Crippen LogP contribution in [0, 0.1) is 16.7 Å². The van der Waals surface area contributed by atoms with Gasteiger partial charge in [0.2, 0.25) is 12.4 Å². The summed E-state index contributed by atoms with van der Waals surface area (Å²) in [5.74, 6) is -1.69. The summed E-state index contributed by atoms with van der Waals surface area (Å²) in [6.45, 7) is 9.73. The molecule has 2 aromatic rings. The summed E-state index contributed by atoms with van der Waals surface area (Å²) in [4.78, 5) is 52.9. The van der Waals surface area contributed by atoms with Gasteiger partial charge < -0.3 is 39.2 Å². The molecule has 0 aromatic carbocycles. The van der Waals surface area contributed by atoms with Gasteiger partial charge in [0.1, 0.15) is 41.8 Å². The van der Waals surface area contributed by atoms with Crippen LogP contribution in [-0.4, -0.2) is 92.3 Å². The Hall–Kier alpha value is -4.53. The van der Waals surface area contributed by atoms with Gasteiger partial charge in [-0.05, 0) is 38.3 Å². The van der Waals surface area contributed by atoms with Gasteiger partial charge in [-0.3, -0.25) is 10.1 Å². The Bertz CT molecular complexity index is 1440. The molecule has 240 valence electrons. The molecule has 4 N–H and O–H groups in total. The summed E-state index contributed by atoms with van der Waals surface area (Å²) >= 11 is 0. The molecule has 3 heterocycles. The zero-order valence-corrected chi connectivity index (χ0v) is 25.3. The standard InChI is InChI=1S/C27H36N6O11/c1-14(35)40-13-41-23(38)32-21-15-8-9-17(33(15)30-12-29-21)27(11-28)20(36)18(16(10-34)43-27)42-22(37)19(25(2,3)4)31-24(39)44-26(5,6)7/h8-9,12,16,18-20,34,36H,10,13H2,1-7H3,(H,31,39)(H,29,30,32,38)/t16-,18-,19-,20-,27+/m1/s1. The minimum absolute atomic E-state index is 0.0440. The van der Waals surface area contributed by atoms with Crippen LogP contribution in [0.25, 0.3) is 5.52 Å². The maximum Gasteiger partial charge on any atom is 0.415 e. The lowest BCUT2D eigenvalue weighted by Gasteiger charge is -2.32. The smallest absolute Gasteiger partial charge is 0.415 e. The van der Waals surface area contributed by atoms with Crippen LogP contribution >= 0.6 is 0 Å². The topological polar surface area (TPSA) is 233 Å². The summed E-state index contributed by atoms with van der Waals surface area (Å²) in [6.07, 6.45) is -5.62. The average molecular weight is 621 g/mol. The quantitative estimate of drug-likeness (QED) is 0.184. The van der Waals surface area contributed by atoms with Gasteiger partial charge >= 0.3 is 24.1 Å². The molecule has 1 saturated heterocycles. The van der Waals surface area contributed by atoms with E-state index in [4.69, 9.17) is 18.9 Å². The van der Waals surface area contributed by atoms with Crippen LogP contribution in [0.5, 0.6) is 0 Å². The van der Waals surface area contributed by atoms with E-state index >= 15 is 0 Å². The van der Waals surface area contributed by atoms with Crippen LogP contribution in [0.2, 0.25) is 0 Å². The fourth-order valence-corrected chi connectivity index (χ4v) is 4.32. The van der Waals surface area contributed by atoms with Gasteiger partial charge in [-0.2, -0.15) is 10.4 Å². The monoisotopic (exact) mass is 620 g/mol. The van der Waals surface area contributed by atoms with Gasteiger partial charge in [-0.15, -0.1) is 0 Å². The fourth-order valence-electron chi connectivity index (χ4n) is 4.32. The summed E-state index contributed by atoms with van der Waals surface area (Å²) in [6, 6.07) is 3.43. The van der Waals surface area contributed by atoms with E-state index in [1.54, 1.807) is 41.5 Å². The molecule has 0 aliphatic carbocycles. The molecule has 17 nitrogen and oxygen atoms in total. The number of carbonyl (C=O) groups is 4. The first-order chi connectivity index (χ1) is 20.4. The lowest BCUT2D eigenvalue weighted by Crippen LogP contribution is -2.53. The van der Waals surface area contributed by atoms with Crippen molar-refractivity contribution in [2.75, 3.05) is 18.7 Å². The summed E-state index contributed by atoms with van der Waals surface area (Å²) < 4.78 is 27.2. The molecule has 0 spiro atoms. The second-order valence-electron chi connectivity index (χ2n) is 11.9. The van der Waals surface area contributed by atoms with E-state index in [0.717, 1.165) is 17.8 Å². The molecule has 1 aliphatic heterocycles. The molecule has 1 fully saturated rings. The molecule has 0 bridgehead atoms. The largest absolute Gasteiger partial charge is 0.455 e. The van der Waals surface area contributed by atoms with Gasteiger partial charge in [0.25, 0.3) is 0 Å². The molecule has 5 atom stereocenters. The average Bonchev–Trinajstić information content (AvgIpc) is 3.45. The number of nitrogens with zero attached hydrogens (tertiary/aromatic N) is 4. The number of nitrogens with one attached hydrogen (secondary N) is 2. The molecule has 1 aliphatic rings. The molecule has 17 heteroatoms. The Labute approximate surface area is 252 Å². The molecular formula is C27H36N6O11. The number of esters is 2. The SMILES string of the molecule is CC(=O)OCOC(=O)Nc1ncnn2c([C@]3(C#N)O[C@H](CO)[C@@H](OC(=O)[C@@H](NC(=O)OC(C)(C)C)C(C)(C)C)[C@H]3O)ccc12. The van der Waals surface area contributed by atoms with E-state index in [0.29, 0.717) is 0 Å². The lowest BCUT2D eigenvalue weighted by molar-refractivity contribution is -0.162. The zero-order valence-electron chi connectivity index (χ0n) is 25.3. The molecule has 0 unspecified atom stereocenters. The normalized spacial score (nSPS) is 22.4. The molecule has 3 rings (SSSR count). The van der Waals surface area contributed by atoms with Crippen molar-refractivity contribution in [1.82, 2.24) is 19.9 Å². The predicted molar refractivity (Wildman–Crippen MR) is 147 cm³/mol. The van der Waals surface area contributed by atoms with Crippen molar-refractivity contribution in [3.05, 3.63) is 24.2 Å². The number of hydrogen-bond acceptors (Lipinski definition) is 14. The van der Waals surface area contributed by atoms with Gasteiger partial charge in [0.15, 0.2) is 11.9 Å². The van der Waals surface area contributed by atoms with E-state index in [-0.39, 0.29) is 17.0 Å². The van der Waals surface area contributed by atoms with Crippen molar-refractivity contribution in [2.24, 2.45) is 5.41 Å². The highest BCUT2D eigenvalue weighted by atomic mass is 16.7. The second kappa shape index (κ2) is 13.0. The minimum Gasteiger partial charge on any atom is -0.455 e. The predicted octanol–water partition coefficient (Wildman–Crippen LogP) is 1.12. The van der Waals surface area contributed by atoms with E-state index in [1.165, 1.54) is 12.1 Å². The second-order valence-corrected chi connectivity index (χ2v) is 11.9. The maximum absolute atomic E-state index is 13.4. The third-order valence-electron chi connectivity index (χ3n) is 6.30. The number of ether oxygens (including phenoxy) is 5. The minimum atomic E-state index is -2.22. The Balaban J connectivity index is 1.90. The maximum atomic E-state index is 13.4. The molecule has 2 aromatic heterocycles. The number of anilines is 1. The third-order valence-corrected chi connectivity index (χ3v) is 6.30.